The first kappa shape index (κ1) is 16.9. The maximum atomic E-state index is 13.3. The molecular weight excluding hydrogens is 277 g/mol. The number of benzene rings is 1. The molecule has 5 nitrogen and oxygen atoms in total. The van der Waals surface area contributed by atoms with Crippen molar-refractivity contribution < 1.29 is 23.5 Å². The minimum Gasteiger partial charge on any atom is -0.490 e. The highest BCUT2D eigenvalue weighted by atomic mass is 19.1. The number of rotatable bonds is 8. The molecule has 1 amide bonds. The minimum atomic E-state index is -0.456. The molecule has 0 unspecified atom stereocenters. The van der Waals surface area contributed by atoms with Crippen molar-refractivity contribution in [3.8, 4) is 5.75 Å². The van der Waals surface area contributed by atoms with E-state index in [1.54, 1.807) is 17.0 Å². The van der Waals surface area contributed by atoms with Crippen LogP contribution < -0.4 is 4.74 Å². The Morgan fingerprint density at radius 2 is 1.95 bits per heavy atom. The number of methoxy groups -OCH3 is 1. The van der Waals surface area contributed by atoms with Crippen molar-refractivity contribution in [3.05, 3.63) is 30.1 Å². The molecule has 0 saturated carbocycles. The fourth-order valence-corrected chi connectivity index (χ4v) is 1.76. The Labute approximate surface area is 123 Å². The van der Waals surface area contributed by atoms with Gasteiger partial charge in [-0.3, -0.25) is 9.59 Å². The quantitative estimate of drug-likeness (QED) is 0.689. The van der Waals surface area contributed by atoms with E-state index in [2.05, 4.69) is 4.74 Å². The highest BCUT2D eigenvalue weighted by Crippen LogP contribution is 2.15. The average molecular weight is 297 g/mol. The van der Waals surface area contributed by atoms with Gasteiger partial charge in [-0.2, -0.15) is 0 Å². The molecule has 0 aliphatic carbocycles. The third-order valence-electron chi connectivity index (χ3n) is 2.96. The third kappa shape index (κ3) is 5.81. The number of hydrogen-bond donors (Lipinski definition) is 0. The normalized spacial score (nSPS) is 10.0. The van der Waals surface area contributed by atoms with Crippen LogP contribution in [-0.4, -0.2) is 43.6 Å². The molecule has 0 aliphatic rings. The number of para-hydroxylation sites is 1. The molecule has 0 spiro atoms. The number of esters is 1. The van der Waals surface area contributed by atoms with E-state index in [1.165, 1.54) is 19.2 Å². The number of ether oxygens (including phenoxy) is 2. The number of halogens is 1. The zero-order chi connectivity index (χ0) is 15.7. The molecule has 0 bridgehead atoms. The summed E-state index contributed by atoms with van der Waals surface area (Å²) < 4.78 is 23.1. The van der Waals surface area contributed by atoms with Gasteiger partial charge in [0.15, 0.2) is 11.6 Å². The Morgan fingerprint density at radius 1 is 1.24 bits per heavy atom. The molecule has 116 valence electrons. The van der Waals surface area contributed by atoms with E-state index in [0.29, 0.717) is 13.1 Å². The Hall–Kier alpha value is -2.11. The Balaban J connectivity index is 2.37. The van der Waals surface area contributed by atoms with Gasteiger partial charge >= 0.3 is 5.97 Å². The molecular formula is C15H20FNO4. The number of carbonyl (C=O) groups is 2. The van der Waals surface area contributed by atoms with Crippen LogP contribution in [0.1, 0.15) is 19.8 Å². The first-order valence-electron chi connectivity index (χ1n) is 6.80. The van der Waals surface area contributed by atoms with Gasteiger partial charge in [0, 0.05) is 13.1 Å². The fourth-order valence-electron chi connectivity index (χ4n) is 1.76. The Kier molecular flexibility index (Phi) is 7.21. The number of carbonyl (C=O) groups excluding carboxylic acids is 2. The van der Waals surface area contributed by atoms with E-state index in [1.807, 2.05) is 6.92 Å². The second-order valence-corrected chi connectivity index (χ2v) is 4.33. The largest absolute Gasteiger partial charge is 0.490 e. The van der Waals surface area contributed by atoms with E-state index in [-0.39, 0.29) is 37.1 Å². The second-order valence-electron chi connectivity index (χ2n) is 4.33. The Morgan fingerprint density at radius 3 is 2.57 bits per heavy atom. The monoisotopic (exact) mass is 297 g/mol. The van der Waals surface area contributed by atoms with Crippen molar-refractivity contribution in [3.63, 3.8) is 0 Å². The van der Waals surface area contributed by atoms with E-state index in [4.69, 9.17) is 4.74 Å². The molecule has 0 radical (unpaired) electrons. The summed E-state index contributed by atoms with van der Waals surface area (Å²) in [5.74, 6) is -0.826. The molecule has 6 heteroatoms. The molecule has 0 atom stereocenters. The van der Waals surface area contributed by atoms with Crippen molar-refractivity contribution in [2.45, 2.75) is 19.8 Å². The van der Waals surface area contributed by atoms with Crippen LogP contribution in [0, 0.1) is 5.82 Å². The van der Waals surface area contributed by atoms with Crippen molar-refractivity contribution in [1.29, 1.82) is 0 Å². The van der Waals surface area contributed by atoms with Crippen LogP contribution in [0.3, 0.4) is 0 Å². The van der Waals surface area contributed by atoms with Crippen LogP contribution in [0.2, 0.25) is 0 Å². The maximum absolute atomic E-state index is 13.3. The standard InChI is InChI=1S/C15H20FNO4/c1-3-17(10-8-15(19)20-2)14(18)9-11-21-13-7-5-4-6-12(13)16/h4-7H,3,8-11H2,1-2H3. The topological polar surface area (TPSA) is 55.8 Å². The van der Waals surface area contributed by atoms with Crippen LogP contribution in [0.5, 0.6) is 5.75 Å². The van der Waals surface area contributed by atoms with Crippen molar-refractivity contribution in [1.82, 2.24) is 4.90 Å². The highest BCUT2D eigenvalue weighted by Gasteiger charge is 2.14. The summed E-state index contributed by atoms with van der Waals surface area (Å²) in [6, 6.07) is 6.04. The molecule has 0 heterocycles. The van der Waals surface area contributed by atoms with Crippen LogP contribution in [0.25, 0.3) is 0 Å². The van der Waals surface area contributed by atoms with Crippen LogP contribution in [0.15, 0.2) is 24.3 Å². The average Bonchev–Trinajstić information content (AvgIpc) is 2.49. The van der Waals surface area contributed by atoms with Gasteiger partial charge in [0.25, 0.3) is 0 Å². The summed E-state index contributed by atoms with van der Waals surface area (Å²) in [6.45, 7) is 2.72. The SMILES string of the molecule is CCN(CCC(=O)OC)C(=O)CCOc1ccccc1F. The molecule has 0 fully saturated rings. The zero-order valence-electron chi connectivity index (χ0n) is 12.3. The van der Waals surface area contributed by atoms with Gasteiger partial charge in [-0.25, -0.2) is 4.39 Å². The number of hydrogen-bond acceptors (Lipinski definition) is 4. The first-order chi connectivity index (χ1) is 10.1. The van der Waals surface area contributed by atoms with E-state index in [9.17, 15) is 14.0 Å². The van der Waals surface area contributed by atoms with Crippen molar-refractivity contribution in [2.24, 2.45) is 0 Å². The number of nitrogens with zero attached hydrogens (tertiary/aromatic N) is 1. The van der Waals surface area contributed by atoms with E-state index in [0.717, 1.165) is 0 Å². The smallest absolute Gasteiger partial charge is 0.307 e. The summed E-state index contributed by atoms with van der Waals surface area (Å²) in [5, 5.41) is 0. The molecule has 0 aliphatic heterocycles. The lowest BCUT2D eigenvalue weighted by atomic mass is 10.3. The Bertz CT molecular complexity index is 478. The maximum Gasteiger partial charge on any atom is 0.307 e. The van der Waals surface area contributed by atoms with Gasteiger partial charge in [0.2, 0.25) is 5.91 Å². The summed E-state index contributed by atoms with van der Waals surface area (Å²) in [6.07, 6.45) is 0.285. The van der Waals surface area contributed by atoms with E-state index >= 15 is 0 Å². The summed E-state index contributed by atoms with van der Waals surface area (Å²) in [5.41, 5.74) is 0. The van der Waals surface area contributed by atoms with Crippen LogP contribution in [0.4, 0.5) is 4.39 Å². The summed E-state index contributed by atoms with van der Waals surface area (Å²) in [7, 11) is 1.31. The molecule has 0 N–H and O–H groups in total. The lowest BCUT2D eigenvalue weighted by Gasteiger charge is -2.20. The lowest BCUT2D eigenvalue weighted by Crippen LogP contribution is -2.33. The molecule has 1 aromatic rings. The van der Waals surface area contributed by atoms with Crippen LogP contribution >= 0.6 is 0 Å². The predicted molar refractivity (Wildman–Crippen MR) is 75.4 cm³/mol. The fraction of sp³-hybridized carbons (Fsp3) is 0.467. The molecule has 0 aromatic heterocycles. The van der Waals surface area contributed by atoms with Gasteiger partial charge in [-0.05, 0) is 19.1 Å². The summed E-state index contributed by atoms with van der Waals surface area (Å²) in [4.78, 5) is 24.6. The second kappa shape index (κ2) is 8.94. The van der Waals surface area contributed by atoms with Gasteiger partial charge in [-0.15, -0.1) is 0 Å². The lowest BCUT2D eigenvalue weighted by molar-refractivity contribution is -0.141. The molecule has 1 aromatic carbocycles. The predicted octanol–water partition coefficient (Wildman–Crippen LogP) is 2.01. The van der Waals surface area contributed by atoms with Crippen molar-refractivity contribution >= 4 is 11.9 Å². The van der Waals surface area contributed by atoms with Gasteiger partial charge < -0.3 is 14.4 Å². The van der Waals surface area contributed by atoms with E-state index < -0.39 is 5.82 Å². The number of amides is 1. The third-order valence-corrected chi connectivity index (χ3v) is 2.96. The van der Waals surface area contributed by atoms with Gasteiger partial charge in [-0.1, -0.05) is 12.1 Å². The van der Waals surface area contributed by atoms with Crippen molar-refractivity contribution in [2.75, 3.05) is 26.8 Å². The van der Waals surface area contributed by atoms with Gasteiger partial charge in [0.05, 0.1) is 26.6 Å². The molecule has 21 heavy (non-hydrogen) atoms. The first-order valence-corrected chi connectivity index (χ1v) is 6.80. The van der Waals surface area contributed by atoms with Gasteiger partial charge in [0.1, 0.15) is 0 Å². The zero-order valence-corrected chi connectivity index (χ0v) is 12.3. The minimum absolute atomic E-state index is 0.0918. The summed E-state index contributed by atoms with van der Waals surface area (Å²) >= 11 is 0. The molecule has 0 saturated heterocycles. The molecule has 1 rings (SSSR count). The highest BCUT2D eigenvalue weighted by molar-refractivity contribution is 5.77. The van der Waals surface area contributed by atoms with Crippen LogP contribution in [-0.2, 0) is 14.3 Å².